The largest absolute Gasteiger partial charge is 0.480 e. The van der Waals surface area contributed by atoms with Gasteiger partial charge in [0.15, 0.2) is 0 Å². The lowest BCUT2D eigenvalue weighted by molar-refractivity contribution is -0.135. The van der Waals surface area contributed by atoms with Gasteiger partial charge in [0.1, 0.15) is 17.5 Å². The number of benzene rings is 2. The number of carbonyl (C=O) groups is 1. The molecule has 20 heavy (non-hydrogen) atoms. The van der Waals surface area contributed by atoms with Crippen LogP contribution in [0, 0.1) is 0 Å². The lowest BCUT2D eigenvalue weighted by Crippen LogP contribution is -2.24. The Kier molecular flexibility index (Phi) is 4.94. The maximum atomic E-state index is 11.8. The van der Waals surface area contributed by atoms with Crippen LogP contribution < -0.4 is 4.72 Å². The van der Waals surface area contributed by atoms with Crippen LogP contribution in [-0.2, 0) is 15.8 Å². The zero-order valence-electron chi connectivity index (χ0n) is 10.4. The Bertz CT molecular complexity index is 624. The first-order chi connectivity index (χ1) is 9.56. The van der Waals surface area contributed by atoms with Crippen molar-refractivity contribution in [2.75, 3.05) is 6.54 Å². The number of hydrogen-bond acceptors (Lipinski definition) is 3. The summed E-state index contributed by atoms with van der Waals surface area (Å²) in [5, 5.41) is 8.52. The van der Waals surface area contributed by atoms with Gasteiger partial charge in [0, 0.05) is 4.90 Å². The summed E-state index contributed by atoms with van der Waals surface area (Å²) in [5.41, 5.74) is 2.04. The molecular weight excluding hydrogens is 294 g/mol. The van der Waals surface area contributed by atoms with Gasteiger partial charge in [-0.25, -0.2) is 8.93 Å². The lowest BCUT2D eigenvalue weighted by atomic mass is 10.1. The highest BCUT2D eigenvalue weighted by atomic mass is 32.2. The van der Waals surface area contributed by atoms with E-state index in [-0.39, 0.29) is 6.54 Å². The van der Waals surface area contributed by atoms with Crippen molar-refractivity contribution in [1.29, 1.82) is 0 Å². The minimum absolute atomic E-state index is 0.336. The molecule has 2 aromatic rings. The van der Waals surface area contributed by atoms with Gasteiger partial charge in [-0.2, -0.15) is 0 Å². The fourth-order valence-corrected chi connectivity index (χ4v) is 2.59. The van der Waals surface area contributed by atoms with Gasteiger partial charge in [0.25, 0.3) is 0 Å². The molecular formula is C14H13NO3S2. The van der Waals surface area contributed by atoms with E-state index in [1.165, 1.54) is 0 Å². The second-order valence-electron chi connectivity index (χ2n) is 4.05. The zero-order valence-corrected chi connectivity index (χ0v) is 12.2. The van der Waals surface area contributed by atoms with Gasteiger partial charge in [0.2, 0.25) is 0 Å². The molecule has 2 aromatic carbocycles. The lowest BCUT2D eigenvalue weighted by Gasteiger charge is -2.05. The first kappa shape index (κ1) is 14.8. The van der Waals surface area contributed by atoms with E-state index < -0.39 is 17.0 Å². The molecule has 0 amide bonds. The summed E-state index contributed by atoms with van der Waals surface area (Å²) >= 11 is 4.23. The van der Waals surface area contributed by atoms with Crippen molar-refractivity contribution in [3.05, 3.63) is 48.5 Å². The molecule has 0 aliphatic carbocycles. The standard InChI is InChI=1S/C14H13NO3S2/c16-14(17)9-15-20(18)13-7-3-11(4-8-13)10-1-5-12(19)6-2-10/h1-8,15,19H,9H2,(H,16,17). The van der Waals surface area contributed by atoms with Crippen LogP contribution in [-0.4, -0.2) is 21.8 Å². The van der Waals surface area contributed by atoms with Crippen LogP contribution in [0.3, 0.4) is 0 Å². The highest BCUT2D eigenvalue weighted by Crippen LogP contribution is 2.21. The summed E-state index contributed by atoms with van der Waals surface area (Å²) in [5.74, 6) is -1.04. The van der Waals surface area contributed by atoms with E-state index in [0.717, 1.165) is 16.0 Å². The predicted octanol–water partition coefficient (Wildman–Crippen LogP) is 2.34. The second-order valence-corrected chi connectivity index (χ2v) is 5.87. The third kappa shape index (κ3) is 3.93. The van der Waals surface area contributed by atoms with Crippen molar-refractivity contribution in [1.82, 2.24) is 4.72 Å². The molecule has 1 unspecified atom stereocenters. The van der Waals surface area contributed by atoms with Crippen LogP contribution in [0.4, 0.5) is 0 Å². The average Bonchev–Trinajstić information content (AvgIpc) is 2.46. The fourth-order valence-electron chi connectivity index (χ4n) is 1.64. The zero-order chi connectivity index (χ0) is 14.5. The van der Waals surface area contributed by atoms with Crippen LogP contribution in [0.5, 0.6) is 0 Å². The van der Waals surface area contributed by atoms with Gasteiger partial charge in [0.05, 0.1) is 4.90 Å². The molecule has 0 spiro atoms. The van der Waals surface area contributed by atoms with E-state index in [1.54, 1.807) is 12.1 Å². The predicted molar refractivity (Wildman–Crippen MR) is 81.2 cm³/mol. The highest BCUT2D eigenvalue weighted by Gasteiger charge is 2.06. The number of rotatable bonds is 5. The molecule has 2 rings (SSSR count). The second kappa shape index (κ2) is 6.69. The van der Waals surface area contributed by atoms with Gasteiger partial charge < -0.3 is 5.11 Å². The number of thiol groups is 1. The summed E-state index contributed by atoms with van der Waals surface area (Å²) < 4.78 is 14.2. The van der Waals surface area contributed by atoms with Crippen molar-refractivity contribution in [2.24, 2.45) is 0 Å². The van der Waals surface area contributed by atoms with Crippen molar-refractivity contribution in [2.45, 2.75) is 9.79 Å². The first-order valence-electron chi connectivity index (χ1n) is 5.83. The van der Waals surface area contributed by atoms with E-state index in [4.69, 9.17) is 5.11 Å². The molecule has 0 heterocycles. The van der Waals surface area contributed by atoms with E-state index in [9.17, 15) is 9.00 Å². The molecule has 2 N–H and O–H groups in total. The minimum atomic E-state index is -1.52. The number of aliphatic carboxylic acids is 1. The van der Waals surface area contributed by atoms with E-state index in [2.05, 4.69) is 17.4 Å². The molecule has 6 heteroatoms. The highest BCUT2D eigenvalue weighted by molar-refractivity contribution is 7.83. The normalized spacial score (nSPS) is 12.1. The Morgan fingerprint density at radius 1 is 1.05 bits per heavy atom. The summed E-state index contributed by atoms with van der Waals surface area (Å²) in [4.78, 5) is 11.8. The van der Waals surface area contributed by atoms with Gasteiger partial charge >= 0.3 is 5.97 Å². The van der Waals surface area contributed by atoms with Gasteiger partial charge in [-0.3, -0.25) is 4.79 Å². The number of carboxylic acids is 1. The molecule has 0 aliphatic heterocycles. The molecule has 1 atom stereocenters. The van der Waals surface area contributed by atoms with Crippen molar-refractivity contribution < 1.29 is 14.1 Å². The smallest absolute Gasteiger partial charge is 0.318 e. The molecule has 0 saturated heterocycles. The van der Waals surface area contributed by atoms with Crippen LogP contribution in [0.1, 0.15) is 0 Å². The molecule has 0 aliphatic rings. The molecule has 0 aromatic heterocycles. The Hall–Kier alpha value is -1.63. The van der Waals surface area contributed by atoms with E-state index in [0.29, 0.717) is 4.90 Å². The Labute approximate surface area is 124 Å². The maximum Gasteiger partial charge on any atom is 0.318 e. The third-order valence-electron chi connectivity index (χ3n) is 2.62. The number of hydrogen-bond donors (Lipinski definition) is 3. The van der Waals surface area contributed by atoms with Crippen LogP contribution in [0.2, 0.25) is 0 Å². The van der Waals surface area contributed by atoms with Crippen molar-refractivity contribution in [3.8, 4) is 11.1 Å². The Morgan fingerprint density at radius 2 is 1.55 bits per heavy atom. The number of nitrogens with one attached hydrogen (secondary N) is 1. The molecule has 0 radical (unpaired) electrons. The minimum Gasteiger partial charge on any atom is -0.480 e. The molecule has 0 saturated carbocycles. The van der Waals surface area contributed by atoms with Crippen LogP contribution >= 0.6 is 12.6 Å². The quantitative estimate of drug-likeness (QED) is 0.743. The summed E-state index contributed by atoms with van der Waals surface area (Å²) in [6.45, 7) is -0.336. The van der Waals surface area contributed by atoms with Crippen LogP contribution in [0.25, 0.3) is 11.1 Å². The summed E-state index contributed by atoms with van der Waals surface area (Å²) in [6.07, 6.45) is 0. The van der Waals surface area contributed by atoms with E-state index >= 15 is 0 Å². The number of carboxylic acid groups (broad SMARTS) is 1. The molecule has 4 nitrogen and oxygen atoms in total. The third-order valence-corrected chi connectivity index (χ3v) is 4.03. The fraction of sp³-hybridized carbons (Fsp3) is 0.0714. The summed E-state index contributed by atoms with van der Waals surface area (Å²) in [6, 6.07) is 14.8. The van der Waals surface area contributed by atoms with Gasteiger partial charge in [-0.05, 0) is 35.4 Å². The molecule has 104 valence electrons. The summed E-state index contributed by atoms with van der Waals surface area (Å²) in [7, 11) is -1.52. The van der Waals surface area contributed by atoms with Crippen molar-refractivity contribution in [3.63, 3.8) is 0 Å². The molecule has 0 bridgehead atoms. The SMILES string of the molecule is O=C(O)CNS(=O)c1ccc(-c2ccc(S)cc2)cc1. The monoisotopic (exact) mass is 307 g/mol. The Morgan fingerprint density at radius 3 is 2.05 bits per heavy atom. The maximum absolute atomic E-state index is 11.8. The van der Waals surface area contributed by atoms with E-state index in [1.807, 2.05) is 36.4 Å². The van der Waals surface area contributed by atoms with Crippen molar-refractivity contribution >= 4 is 29.6 Å². The molecule has 0 fully saturated rings. The topological polar surface area (TPSA) is 66.4 Å². The Balaban J connectivity index is 2.11. The average molecular weight is 307 g/mol. The first-order valence-corrected chi connectivity index (χ1v) is 7.42. The van der Waals surface area contributed by atoms with Gasteiger partial charge in [-0.15, -0.1) is 12.6 Å². The van der Waals surface area contributed by atoms with Gasteiger partial charge in [-0.1, -0.05) is 24.3 Å². The van der Waals surface area contributed by atoms with Crippen LogP contribution in [0.15, 0.2) is 58.3 Å².